The van der Waals surface area contributed by atoms with Gasteiger partial charge in [0, 0.05) is 29.2 Å². The van der Waals surface area contributed by atoms with Gasteiger partial charge in [0.2, 0.25) is 0 Å². The molecule has 0 aromatic carbocycles. The molecule has 7 nitrogen and oxygen atoms in total. The standard InChI is InChI=1S/C18H24BrNO6S/c1-11(2)26-17(22)16-9-14(19)15(27-16)5-4-7-20-13(10-25-12(3)21)6-8-24-18(20)23/h9,11,13H,4-8,10H2,1-3H3/t13-/m1/s1. The zero-order valence-electron chi connectivity index (χ0n) is 15.7. The van der Waals surface area contributed by atoms with Gasteiger partial charge in [-0.15, -0.1) is 11.3 Å². The zero-order chi connectivity index (χ0) is 20.0. The highest BCUT2D eigenvalue weighted by atomic mass is 79.9. The molecule has 1 aromatic rings. The molecule has 9 heteroatoms. The fourth-order valence-corrected chi connectivity index (χ4v) is 4.49. The first-order chi connectivity index (χ1) is 12.8. The van der Waals surface area contributed by atoms with Crippen LogP contribution >= 0.6 is 27.3 Å². The van der Waals surface area contributed by atoms with E-state index in [-0.39, 0.29) is 36.8 Å². The molecule has 0 spiro atoms. The number of ether oxygens (including phenoxy) is 3. The Bertz CT molecular complexity index is 689. The number of amides is 1. The van der Waals surface area contributed by atoms with E-state index in [9.17, 15) is 14.4 Å². The Kier molecular flexibility index (Phi) is 8.09. The van der Waals surface area contributed by atoms with E-state index in [4.69, 9.17) is 14.2 Å². The van der Waals surface area contributed by atoms with Crippen molar-refractivity contribution in [3.05, 3.63) is 20.3 Å². The fraction of sp³-hybridized carbons (Fsp3) is 0.611. The number of halogens is 1. The molecule has 0 saturated carbocycles. The fourth-order valence-electron chi connectivity index (χ4n) is 2.69. The minimum atomic E-state index is -0.384. The van der Waals surface area contributed by atoms with Gasteiger partial charge in [0.15, 0.2) is 0 Å². The van der Waals surface area contributed by atoms with Gasteiger partial charge in [-0.25, -0.2) is 9.59 Å². The lowest BCUT2D eigenvalue weighted by atomic mass is 10.1. The summed E-state index contributed by atoms with van der Waals surface area (Å²) in [6.45, 7) is 5.97. The summed E-state index contributed by atoms with van der Waals surface area (Å²) in [6, 6.07) is 1.60. The van der Waals surface area contributed by atoms with Gasteiger partial charge < -0.3 is 19.1 Å². The highest BCUT2D eigenvalue weighted by Crippen LogP contribution is 2.29. The maximum Gasteiger partial charge on any atom is 0.410 e. The van der Waals surface area contributed by atoms with Crippen molar-refractivity contribution in [2.24, 2.45) is 0 Å². The summed E-state index contributed by atoms with van der Waals surface area (Å²) in [5.41, 5.74) is 0. The molecule has 2 heterocycles. The second kappa shape index (κ2) is 10.1. The third kappa shape index (κ3) is 6.49. The molecule has 0 radical (unpaired) electrons. The van der Waals surface area contributed by atoms with Crippen LogP contribution in [0.5, 0.6) is 0 Å². The molecule has 1 aromatic heterocycles. The topological polar surface area (TPSA) is 82.1 Å². The average Bonchev–Trinajstić information content (AvgIpc) is 2.95. The predicted molar refractivity (Wildman–Crippen MR) is 104 cm³/mol. The summed E-state index contributed by atoms with van der Waals surface area (Å²) in [6.07, 6.45) is 1.48. The van der Waals surface area contributed by atoms with Crippen molar-refractivity contribution >= 4 is 45.3 Å². The van der Waals surface area contributed by atoms with Gasteiger partial charge in [-0.2, -0.15) is 0 Å². The third-order valence-corrected chi connectivity index (χ3v) is 6.08. The van der Waals surface area contributed by atoms with Gasteiger partial charge in [-0.05, 0) is 48.7 Å². The Morgan fingerprint density at radius 3 is 2.85 bits per heavy atom. The maximum absolute atomic E-state index is 12.1. The maximum atomic E-state index is 12.1. The number of hydrogen-bond donors (Lipinski definition) is 0. The summed E-state index contributed by atoms with van der Waals surface area (Å²) in [5.74, 6) is -0.694. The predicted octanol–water partition coefficient (Wildman–Crippen LogP) is 3.78. The molecule has 0 aliphatic carbocycles. The number of carbonyl (C=O) groups excluding carboxylic acids is 3. The molecule has 1 aliphatic heterocycles. The van der Waals surface area contributed by atoms with Gasteiger partial charge in [0.05, 0.1) is 18.8 Å². The molecule has 0 N–H and O–H groups in total. The van der Waals surface area contributed by atoms with Gasteiger partial charge in [0.25, 0.3) is 0 Å². The largest absolute Gasteiger partial charge is 0.464 e. The number of cyclic esters (lactones) is 1. The van der Waals surface area contributed by atoms with E-state index < -0.39 is 0 Å². The molecule has 1 atom stereocenters. The molecule has 1 amide bonds. The highest BCUT2D eigenvalue weighted by Gasteiger charge is 2.30. The minimum absolute atomic E-state index is 0.166. The van der Waals surface area contributed by atoms with Crippen LogP contribution in [-0.2, 0) is 25.4 Å². The summed E-state index contributed by atoms with van der Waals surface area (Å²) in [5, 5.41) is 0. The van der Waals surface area contributed by atoms with Crippen LogP contribution in [0.3, 0.4) is 0 Å². The zero-order valence-corrected chi connectivity index (χ0v) is 18.1. The number of rotatable bonds is 8. The van der Waals surface area contributed by atoms with Crippen LogP contribution in [0.2, 0.25) is 0 Å². The van der Waals surface area contributed by atoms with E-state index in [0.29, 0.717) is 37.3 Å². The van der Waals surface area contributed by atoms with E-state index in [2.05, 4.69) is 15.9 Å². The van der Waals surface area contributed by atoms with Gasteiger partial charge in [-0.3, -0.25) is 4.79 Å². The highest BCUT2D eigenvalue weighted by molar-refractivity contribution is 9.10. The summed E-state index contributed by atoms with van der Waals surface area (Å²) in [7, 11) is 0. The summed E-state index contributed by atoms with van der Waals surface area (Å²) in [4.78, 5) is 38.3. The van der Waals surface area contributed by atoms with Crippen molar-refractivity contribution < 1.29 is 28.6 Å². The van der Waals surface area contributed by atoms with Crippen molar-refractivity contribution in [1.82, 2.24) is 4.90 Å². The first kappa shape index (κ1) is 21.7. The molecule has 150 valence electrons. The van der Waals surface area contributed by atoms with Crippen molar-refractivity contribution in [1.29, 1.82) is 0 Å². The van der Waals surface area contributed by atoms with Crippen LogP contribution in [-0.4, -0.2) is 54.8 Å². The van der Waals surface area contributed by atoms with Gasteiger partial charge in [-0.1, -0.05) is 0 Å². The lowest BCUT2D eigenvalue weighted by molar-refractivity contribution is -0.143. The van der Waals surface area contributed by atoms with Crippen molar-refractivity contribution in [3.63, 3.8) is 0 Å². The van der Waals surface area contributed by atoms with Crippen LogP contribution in [0.15, 0.2) is 10.5 Å². The Morgan fingerprint density at radius 2 is 2.19 bits per heavy atom. The molecule has 0 bridgehead atoms. The van der Waals surface area contributed by atoms with Crippen LogP contribution in [0.25, 0.3) is 0 Å². The first-order valence-corrected chi connectivity index (χ1v) is 10.4. The molecule has 1 saturated heterocycles. The lowest BCUT2D eigenvalue weighted by Gasteiger charge is -2.34. The first-order valence-electron chi connectivity index (χ1n) is 8.84. The van der Waals surface area contributed by atoms with Crippen LogP contribution in [0.4, 0.5) is 4.79 Å². The van der Waals surface area contributed by atoms with Crippen molar-refractivity contribution in [2.45, 2.75) is 52.2 Å². The normalized spacial score (nSPS) is 17.0. The lowest BCUT2D eigenvalue weighted by Crippen LogP contribution is -2.48. The van der Waals surface area contributed by atoms with Crippen LogP contribution in [0, 0.1) is 0 Å². The summed E-state index contributed by atoms with van der Waals surface area (Å²) < 4.78 is 16.2. The molecule has 0 unspecified atom stereocenters. The number of hydrogen-bond acceptors (Lipinski definition) is 7. The molecule has 27 heavy (non-hydrogen) atoms. The molecular weight excluding hydrogens is 438 g/mol. The molecule has 1 aliphatic rings. The number of aryl methyl sites for hydroxylation is 1. The summed E-state index contributed by atoms with van der Waals surface area (Å²) >= 11 is 4.87. The second-order valence-electron chi connectivity index (χ2n) is 6.49. The number of carbonyl (C=O) groups is 3. The average molecular weight is 462 g/mol. The van der Waals surface area contributed by atoms with Crippen molar-refractivity contribution in [2.75, 3.05) is 19.8 Å². The Balaban J connectivity index is 1.91. The molecular formula is C18H24BrNO6S. The van der Waals surface area contributed by atoms with Crippen LogP contribution in [0.1, 0.15) is 48.2 Å². The number of esters is 2. The van der Waals surface area contributed by atoms with Crippen LogP contribution < -0.4 is 0 Å². The second-order valence-corrected chi connectivity index (χ2v) is 8.48. The van der Waals surface area contributed by atoms with E-state index in [1.54, 1.807) is 11.0 Å². The van der Waals surface area contributed by atoms with E-state index in [0.717, 1.165) is 9.35 Å². The smallest absolute Gasteiger partial charge is 0.410 e. The number of thiophene rings is 1. The quantitative estimate of drug-likeness (QED) is 0.432. The SMILES string of the molecule is CC(=O)OC[C@H]1CCOC(=O)N1CCCc1sc(C(=O)OC(C)C)cc1Br. The van der Waals surface area contributed by atoms with E-state index >= 15 is 0 Å². The number of nitrogens with zero attached hydrogens (tertiary/aromatic N) is 1. The van der Waals surface area contributed by atoms with E-state index in [1.165, 1.54) is 18.3 Å². The minimum Gasteiger partial charge on any atom is -0.464 e. The Hall–Kier alpha value is -1.61. The van der Waals surface area contributed by atoms with E-state index in [1.807, 2.05) is 13.8 Å². The van der Waals surface area contributed by atoms with Gasteiger partial charge in [0.1, 0.15) is 11.5 Å². The monoisotopic (exact) mass is 461 g/mol. The molecule has 2 rings (SSSR count). The van der Waals surface area contributed by atoms with Gasteiger partial charge >= 0.3 is 18.0 Å². The third-order valence-electron chi connectivity index (χ3n) is 3.94. The Morgan fingerprint density at radius 1 is 1.44 bits per heavy atom. The van der Waals surface area contributed by atoms with Crippen molar-refractivity contribution in [3.8, 4) is 0 Å². The molecule has 1 fully saturated rings. The Labute approximate surface area is 171 Å².